The van der Waals surface area contributed by atoms with Gasteiger partial charge in [-0.25, -0.2) is 4.98 Å². The molecule has 4 nitrogen and oxygen atoms in total. The normalized spacial score (nSPS) is 18.6. The predicted molar refractivity (Wildman–Crippen MR) is 82.5 cm³/mol. The summed E-state index contributed by atoms with van der Waals surface area (Å²) in [5.41, 5.74) is 1.09. The summed E-state index contributed by atoms with van der Waals surface area (Å²) in [4.78, 5) is 19.4. The lowest BCUT2D eigenvalue weighted by Crippen LogP contribution is -2.27. The SMILES string of the molecule is COc1ccc([C@H]2SCC(=O)N2c2ncc(C)s2)cc1. The molecule has 2 aromatic rings. The fourth-order valence-electron chi connectivity index (χ4n) is 2.10. The summed E-state index contributed by atoms with van der Waals surface area (Å²) in [6.07, 6.45) is 1.81. The number of thiazole rings is 1. The Bertz CT molecular complexity index is 624. The Hall–Kier alpha value is -1.53. The molecule has 1 atom stereocenters. The number of rotatable bonds is 3. The van der Waals surface area contributed by atoms with Crippen molar-refractivity contribution < 1.29 is 9.53 Å². The summed E-state index contributed by atoms with van der Waals surface area (Å²) >= 11 is 3.18. The third-order valence-corrected chi connectivity index (χ3v) is 5.21. The first-order chi connectivity index (χ1) is 9.69. The van der Waals surface area contributed by atoms with E-state index in [1.54, 1.807) is 41.3 Å². The molecule has 1 aromatic heterocycles. The molecule has 3 rings (SSSR count). The van der Waals surface area contributed by atoms with Crippen LogP contribution in [-0.4, -0.2) is 23.8 Å². The van der Waals surface area contributed by atoms with Crippen molar-refractivity contribution in [2.45, 2.75) is 12.3 Å². The fourth-order valence-corrected chi connectivity index (χ4v) is 4.13. The molecule has 0 saturated carbocycles. The molecule has 0 radical (unpaired) electrons. The van der Waals surface area contributed by atoms with Crippen LogP contribution in [0.2, 0.25) is 0 Å². The van der Waals surface area contributed by atoms with E-state index in [0.717, 1.165) is 21.3 Å². The number of aryl methyl sites for hydroxylation is 1. The highest BCUT2D eigenvalue weighted by molar-refractivity contribution is 8.00. The minimum Gasteiger partial charge on any atom is -0.497 e. The van der Waals surface area contributed by atoms with Gasteiger partial charge in [0.2, 0.25) is 5.91 Å². The number of amides is 1. The number of benzene rings is 1. The zero-order chi connectivity index (χ0) is 14.1. The fraction of sp³-hybridized carbons (Fsp3) is 0.286. The molecule has 1 saturated heterocycles. The van der Waals surface area contributed by atoms with E-state index in [4.69, 9.17) is 4.74 Å². The molecule has 1 fully saturated rings. The summed E-state index contributed by atoms with van der Waals surface area (Å²) in [5, 5.41) is 0.775. The van der Waals surface area contributed by atoms with Crippen LogP contribution in [0.1, 0.15) is 15.8 Å². The van der Waals surface area contributed by atoms with E-state index >= 15 is 0 Å². The van der Waals surface area contributed by atoms with Gasteiger partial charge in [-0.1, -0.05) is 12.1 Å². The molecule has 1 aliphatic rings. The average molecular weight is 306 g/mol. The minimum atomic E-state index is -0.000967. The highest BCUT2D eigenvalue weighted by Crippen LogP contribution is 2.43. The van der Waals surface area contributed by atoms with Crippen molar-refractivity contribution in [2.75, 3.05) is 17.8 Å². The summed E-state index contributed by atoms with van der Waals surface area (Å²) in [7, 11) is 1.65. The molecule has 20 heavy (non-hydrogen) atoms. The Kier molecular flexibility index (Phi) is 3.67. The van der Waals surface area contributed by atoms with Crippen LogP contribution in [0.25, 0.3) is 0 Å². The second-order valence-corrected chi connectivity index (χ2v) is 6.74. The van der Waals surface area contributed by atoms with E-state index in [0.29, 0.717) is 5.75 Å². The van der Waals surface area contributed by atoms with Gasteiger partial charge in [-0.2, -0.15) is 0 Å². The van der Waals surface area contributed by atoms with Crippen molar-refractivity contribution in [3.8, 4) is 5.75 Å². The smallest absolute Gasteiger partial charge is 0.240 e. The number of nitrogens with zero attached hydrogens (tertiary/aromatic N) is 2. The zero-order valence-corrected chi connectivity index (χ0v) is 12.8. The molecular formula is C14H14N2O2S2. The third kappa shape index (κ3) is 2.41. The van der Waals surface area contributed by atoms with Gasteiger partial charge >= 0.3 is 0 Å². The highest BCUT2D eigenvalue weighted by Gasteiger charge is 2.35. The van der Waals surface area contributed by atoms with Crippen LogP contribution in [0.4, 0.5) is 5.13 Å². The van der Waals surface area contributed by atoms with Gasteiger partial charge in [-0.3, -0.25) is 9.69 Å². The first-order valence-corrected chi connectivity index (χ1v) is 8.05. The molecule has 0 unspecified atom stereocenters. The number of ether oxygens (including phenoxy) is 1. The first kappa shape index (κ1) is 13.5. The number of aromatic nitrogens is 1. The van der Waals surface area contributed by atoms with E-state index in [9.17, 15) is 4.79 Å². The topological polar surface area (TPSA) is 42.4 Å². The van der Waals surface area contributed by atoms with Crippen LogP contribution in [0.3, 0.4) is 0 Å². The largest absolute Gasteiger partial charge is 0.497 e. The van der Waals surface area contributed by atoms with Gasteiger partial charge in [0.25, 0.3) is 0 Å². The maximum atomic E-state index is 12.1. The number of carbonyl (C=O) groups is 1. The standard InChI is InChI=1S/C14H14N2O2S2/c1-9-7-15-14(20-9)16-12(17)8-19-13(16)10-3-5-11(18-2)6-4-10/h3-7,13H,8H2,1-2H3/t13-/m1/s1. The molecular weight excluding hydrogens is 292 g/mol. The maximum absolute atomic E-state index is 12.1. The summed E-state index contributed by atoms with van der Waals surface area (Å²) < 4.78 is 5.17. The third-order valence-electron chi connectivity index (χ3n) is 3.08. The lowest BCUT2D eigenvalue weighted by Gasteiger charge is -2.21. The lowest BCUT2D eigenvalue weighted by molar-refractivity contribution is -0.115. The zero-order valence-electron chi connectivity index (χ0n) is 11.2. The Labute approximate surface area is 125 Å². The minimum absolute atomic E-state index is 0.000967. The van der Waals surface area contributed by atoms with Crippen molar-refractivity contribution in [1.82, 2.24) is 4.98 Å². The average Bonchev–Trinajstić information content (AvgIpc) is 3.05. The molecule has 104 valence electrons. The van der Waals surface area contributed by atoms with Gasteiger partial charge in [0.15, 0.2) is 5.13 Å². The summed E-state index contributed by atoms with van der Waals surface area (Å²) in [6.45, 7) is 2.00. The number of thioether (sulfide) groups is 1. The Morgan fingerprint density at radius 3 is 2.70 bits per heavy atom. The summed E-state index contributed by atoms with van der Waals surface area (Å²) in [5.74, 6) is 1.43. The Morgan fingerprint density at radius 2 is 2.10 bits per heavy atom. The van der Waals surface area contributed by atoms with Crippen LogP contribution in [-0.2, 0) is 4.79 Å². The van der Waals surface area contributed by atoms with E-state index in [2.05, 4.69) is 4.98 Å². The second kappa shape index (κ2) is 5.46. The first-order valence-electron chi connectivity index (χ1n) is 6.19. The summed E-state index contributed by atoms with van der Waals surface area (Å²) in [6, 6.07) is 7.85. The quantitative estimate of drug-likeness (QED) is 0.873. The van der Waals surface area contributed by atoms with Crippen molar-refractivity contribution >= 4 is 34.1 Å². The van der Waals surface area contributed by atoms with Gasteiger partial charge in [-0.15, -0.1) is 23.1 Å². The van der Waals surface area contributed by atoms with E-state index in [-0.39, 0.29) is 11.3 Å². The number of hydrogen-bond donors (Lipinski definition) is 0. The molecule has 0 spiro atoms. The molecule has 0 N–H and O–H groups in total. The van der Waals surface area contributed by atoms with Crippen LogP contribution in [0.15, 0.2) is 30.5 Å². The van der Waals surface area contributed by atoms with Crippen LogP contribution >= 0.6 is 23.1 Å². The van der Waals surface area contributed by atoms with Crippen LogP contribution in [0, 0.1) is 6.92 Å². The number of hydrogen-bond acceptors (Lipinski definition) is 5. The molecule has 2 heterocycles. The van der Waals surface area contributed by atoms with Crippen molar-refractivity contribution in [3.63, 3.8) is 0 Å². The second-order valence-electron chi connectivity index (χ2n) is 4.45. The van der Waals surface area contributed by atoms with Gasteiger partial charge in [0.05, 0.1) is 12.9 Å². The molecule has 1 aromatic carbocycles. The maximum Gasteiger partial charge on any atom is 0.240 e. The van der Waals surface area contributed by atoms with Gasteiger partial charge < -0.3 is 4.74 Å². The van der Waals surface area contributed by atoms with Crippen molar-refractivity contribution in [1.29, 1.82) is 0 Å². The highest BCUT2D eigenvalue weighted by atomic mass is 32.2. The number of anilines is 1. The molecule has 1 aliphatic heterocycles. The van der Waals surface area contributed by atoms with Crippen LogP contribution < -0.4 is 9.64 Å². The van der Waals surface area contributed by atoms with Crippen molar-refractivity contribution in [2.24, 2.45) is 0 Å². The van der Waals surface area contributed by atoms with Gasteiger partial charge in [0.1, 0.15) is 11.1 Å². The molecule has 6 heteroatoms. The molecule has 0 aliphatic carbocycles. The van der Waals surface area contributed by atoms with Gasteiger partial charge in [0, 0.05) is 11.1 Å². The van der Waals surface area contributed by atoms with E-state index in [1.807, 2.05) is 31.2 Å². The molecule has 1 amide bonds. The Morgan fingerprint density at radius 1 is 1.35 bits per heavy atom. The van der Waals surface area contributed by atoms with E-state index < -0.39 is 0 Å². The Balaban J connectivity index is 1.92. The monoisotopic (exact) mass is 306 g/mol. The van der Waals surface area contributed by atoms with Gasteiger partial charge in [-0.05, 0) is 24.6 Å². The van der Waals surface area contributed by atoms with E-state index in [1.165, 1.54) is 0 Å². The number of carbonyl (C=O) groups excluding carboxylic acids is 1. The molecule has 0 bridgehead atoms. The predicted octanol–water partition coefficient (Wildman–Crippen LogP) is 3.24. The van der Waals surface area contributed by atoms with Crippen molar-refractivity contribution in [3.05, 3.63) is 40.9 Å². The number of methoxy groups -OCH3 is 1. The lowest BCUT2D eigenvalue weighted by atomic mass is 10.2. The van der Waals surface area contributed by atoms with Crippen LogP contribution in [0.5, 0.6) is 5.75 Å².